The van der Waals surface area contributed by atoms with E-state index >= 15 is 0 Å². The molecule has 1 aromatic rings. The van der Waals surface area contributed by atoms with Gasteiger partial charge in [-0.15, -0.1) is 0 Å². The smallest absolute Gasteiger partial charge is 0.274 e. The van der Waals surface area contributed by atoms with Crippen LogP contribution in [0.4, 0.5) is 15.8 Å². The molecular weight excluding hydrogens is 201 g/mol. The van der Waals surface area contributed by atoms with E-state index in [4.69, 9.17) is 5.73 Å². The Hall–Kier alpha value is -1.69. The van der Waals surface area contributed by atoms with Gasteiger partial charge in [0, 0.05) is 30.9 Å². The average Bonchev–Trinajstić information content (AvgIpc) is 2.12. The number of anilines is 1. The predicted molar refractivity (Wildman–Crippen MR) is 53.2 cm³/mol. The molecule has 0 aromatic heterocycles. The lowest BCUT2D eigenvalue weighted by Gasteiger charge is -2.38. The summed E-state index contributed by atoms with van der Waals surface area (Å²) in [5, 5.41) is 10.5. The highest BCUT2D eigenvalue weighted by Gasteiger charge is 2.25. The van der Waals surface area contributed by atoms with Gasteiger partial charge in [-0.2, -0.15) is 0 Å². The van der Waals surface area contributed by atoms with Gasteiger partial charge in [0.1, 0.15) is 5.82 Å². The van der Waals surface area contributed by atoms with E-state index < -0.39 is 10.7 Å². The van der Waals surface area contributed by atoms with Crippen molar-refractivity contribution in [3.8, 4) is 0 Å². The molecule has 2 rings (SSSR count). The lowest BCUT2D eigenvalue weighted by atomic mass is 10.1. The molecule has 2 N–H and O–H groups in total. The number of benzene rings is 1. The molecule has 1 aromatic carbocycles. The zero-order chi connectivity index (χ0) is 11.0. The molecule has 1 aliphatic heterocycles. The second-order valence-electron chi connectivity index (χ2n) is 3.59. The highest BCUT2D eigenvalue weighted by Crippen LogP contribution is 2.26. The third kappa shape index (κ3) is 1.89. The summed E-state index contributed by atoms with van der Waals surface area (Å²) in [7, 11) is 0. The third-order valence-corrected chi connectivity index (χ3v) is 2.35. The number of hydrogen-bond donors (Lipinski definition) is 1. The van der Waals surface area contributed by atoms with Crippen molar-refractivity contribution >= 4 is 11.4 Å². The van der Waals surface area contributed by atoms with Crippen molar-refractivity contribution < 1.29 is 9.31 Å². The van der Waals surface area contributed by atoms with Crippen molar-refractivity contribution in [1.29, 1.82) is 0 Å². The molecule has 6 heteroatoms. The van der Waals surface area contributed by atoms with E-state index in [0.717, 1.165) is 6.07 Å². The summed E-state index contributed by atoms with van der Waals surface area (Å²) in [6, 6.07) is 3.61. The monoisotopic (exact) mass is 211 g/mol. The maximum Gasteiger partial charge on any atom is 0.274 e. The maximum atomic E-state index is 13.0. The zero-order valence-electron chi connectivity index (χ0n) is 7.89. The minimum atomic E-state index is -0.605. The molecule has 0 bridgehead atoms. The Morgan fingerprint density at radius 2 is 2.13 bits per heavy atom. The minimum Gasteiger partial charge on any atom is -0.368 e. The Balaban J connectivity index is 2.28. The highest BCUT2D eigenvalue weighted by molar-refractivity contribution is 5.55. The van der Waals surface area contributed by atoms with Crippen molar-refractivity contribution in [2.75, 3.05) is 18.0 Å². The molecule has 1 aliphatic rings. The Bertz CT molecular complexity index is 404. The number of halogens is 1. The van der Waals surface area contributed by atoms with Crippen molar-refractivity contribution in [1.82, 2.24) is 0 Å². The molecule has 15 heavy (non-hydrogen) atoms. The van der Waals surface area contributed by atoms with Gasteiger partial charge >= 0.3 is 0 Å². The van der Waals surface area contributed by atoms with E-state index in [2.05, 4.69) is 0 Å². The lowest BCUT2D eigenvalue weighted by Crippen LogP contribution is -2.55. The number of nitrogens with two attached hydrogens (primary N) is 1. The van der Waals surface area contributed by atoms with E-state index in [9.17, 15) is 14.5 Å². The van der Waals surface area contributed by atoms with Gasteiger partial charge in [-0.1, -0.05) is 0 Å². The van der Waals surface area contributed by atoms with Crippen molar-refractivity contribution in [2.24, 2.45) is 5.73 Å². The summed E-state index contributed by atoms with van der Waals surface area (Å²) in [6.07, 6.45) is 0. The van der Waals surface area contributed by atoms with E-state index in [1.165, 1.54) is 12.1 Å². The average molecular weight is 211 g/mol. The number of hydrogen-bond acceptors (Lipinski definition) is 4. The molecule has 0 atom stereocenters. The van der Waals surface area contributed by atoms with E-state index in [-0.39, 0.29) is 11.7 Å². The molecule has 80 valence electrons. The Morgan fingerprint density at radius 1 is 1.47 bits per heavy atom. The molecule has 0 amide bonds. The van der Waals surface area contributed by atoms with Gasteiger partial charge in [0.25, 0.3) is 5.69 Å². The largest absolute Gasteiger partial charge is 0.368 e. The number of non-ortho nitro benzene ring substituents is 1. The van der Waals surface area contributed by atoms with Gasteiger partial charge in [0.2, 0.25) is 0 Å². The van der Waals surface area contributed by atoms with Crippen LogP contribution in [0.2, 0.25) is 0 Å². The second kappa shape index (κ2) is 3.47. The molecule has 0 aliphatic carbocycles. The summed E-state index contributed by atoms with van der Waals surface area (Å²) < 4.78 is 13.0. The topological polar surface area (TPSA) is 72.4 Å². The van der Waals surface area contributed by atoms with Crippen LogP contribution in [-0.2, 0) is 0 Å². The van der Waals surface area contributed by atoms with Gasteiger partial charge in [-0.05, 0) is 6.07 Å². The van der Waals surface area contributed by atoms with Crippen LogP contribution >= 0.6 is 0 Å². The van der Waals surface area contributed by atoms with E-state index in [1.54, 1.807) is 4.90 Å². The quantitative estimate of drug-likeness (QED) is 0.582. The molecule has 1 fully saturated rings. The first-order chi connectivity index (χ1) is 7.06. The summed E-state index contributed by atoms with van der Waals surface area (Å²) in [6.45, 7) is 1.22. The second-order valence-corrected chi connectivity index (χ2v) is 3.59. The summed E-state index contributed by atoms with van der Waals surface area (Å²) in [5.41, 5.74) is 5.86. The van der Waals surface area contributed by atoms with E-state index in [1.807, 2.05) is 0 Å². The summed E-state index contributed by atoms with van der Waals surface area (Å²) in [4.78, 5) is 11.7. The molecule has 5 nitrogen and oxygen atoms in total. The van der Waals surface area contributed by atoms with Crippen molar-refractivity contribution in [2.45, 2.75) is 6.04 Å². The first kappa shape index (κ1) is 9.85. The van der Waals surface area contributed by atoms with Crippen LogP contribution in [-0.4, -0.2) is 24.1 Å². The Labute approximate surface area is 85.4 Å². The van der Waals surface area contributed by atoms with Crippen molar-refractivity contribution in [3.05, 3.63) is 34.1 Å². The van der Waals surface area contributed by atoms with Gasteiger partial charge in [0.05, 0.1) is 11.0 Å². The lowest BCUT2D eigenvalue weighted by molar-refractivity contribution is -0.385. The number of nitro groups is 1. The number of nitrogens with zero attached hydrogens (tertiary/aromatic N) is 2. The van der Waals surface area contributed by atoms with Crippen molar-refractivity contribution in [3.63, 3.8) is 0 Å². The standard InChI is InChI=1S/C9H10FN3O2/c10-6-1-8(12-4-7(11)5-12)3-9(2-6)13(14)15/h1-3,7H,4-5,11H2. The van der Waals surface area contributed by atoms with Crippen LogP contribution in [0.5, 0.6) is 0 Å². The van der Waals surface area contributed by atoms with Crippen LogP contribution in [0.3, 0.4) is 0 Å². The van der Waals surface area contributed by atoms with E-state index in [0.29, 0.717) is 18.8 Å². The maximum absolute atomic E-state index is 13.0. The highest BCUT2D eigenvalue weighted by atomic mass is 19.1. The molecule has 0 unspecified atom stereocenters. The minimum absolute atomic E-state index is 0.0762. The number of nitro benzene ring substituents is 1. The molecule has 1 saturated heterocycles. The summed E-state index contributed by atoms with van der Waals surface area (Å²) >= 11 is 0. The molecule has 0 saturated carbocycles. The van der Waals surface area contributed by atoms with Crippen LogP contribution in [0.25, 0.3) is 0 Å². The molecule has 1 heterocycles. The van der Waals surface area contributed by atoms with Crippen LogP contribution in [0.1, 0.15) is 0 Å². The summed E-state index contributed by atoms with van der Waals surface area (Å²) in [5.74, 6) is -0.598. The predicted octanol–water partition coefficient (Wildman–Crippen LogP) is 0.881. The number of rotatable bonds is 2. The van der Waals surface area contributed by atoms with Gasteiger partial charge in [-0.25, -0.2) is 4.39 Å². The molecule has 0 spiro atoms. The first-order valence-corrected chi connectivity index (χ1v) is 4.52. The van der Waals surface area contributed by atoms with Crippen LogP contribution in [0, 0.1) is 15.9 Å². The Kier molecular flexibility index (Phi) is 2.28. The third-order valence-electron chi connectivity index (χ3n) is 2.35. The molecular formula is C9H10FN3O2. The van der Waals surface area contributed by atoms with Crippen LogP contribution in [0.15, 0.2) is 18.2 Å². The van der Waals surface area contributed by atoms with Crippen LogP contribution < -0.4 is 10.6 Å². The van der Waals surface area contributed by atoms with Gasteiger partial charge in [-0.3, -0.25) is 10.1 Å². The molecule has 0 radical (unpaired) electrons. The fourth-order valence-corrected chi connectivity index (χ4v) is 1.57. The fraction of sp³-hybridized carbons (Fsp3) is 0.333. The fourth-order valence-electron chi connectivity index (χ4n) is 1.57. The van der Waals surface area contributed by atoms with Gasteiger partial charge < -0.3 is 10.6 Å². The van der Waals surface area contributed by atoms with Gasteiger partial charge in [0.15, 0.2) is 0 Å². The zero-order valence-corrected chi connectivity index (χ0v) is 7.89. The normalized spacial score (nSPS) is 16.3. The SMILES string of the molecule is NC1CN(c2cc(F)cc([N+](=O)[O-])c2)C1. The Morgan fingerprint density at radius 3 is 2.67 bits per heavy atom. The first-order valence-electron chi connectivity index (χ1n) is 4.52.